The SMILES string of the molecule is CN(C(=O)C(F)(F)I)c1ccc(F)cc1. The van der Waals surface area contributed by atoms with Crippen LogP contribution in [-0.2, 0) is 4.79 Å². The van der Waals surface area contributed by atoms with Crippen molar-refractivity contribution < 1.29 is 18.0 Å². The molecule has 0 aromatic heterocycles. The maximum absolute atomic E-state index is 12.7. The Morgan fingerprint density at radius 2 is 1.80 bits per heavy atom. The smallest absolute Gasteiger partial charge is 0.310 e. The van der Waals surface area contributed by atoms with E-state index in [1.807, 2.05) is 0 Å². The van der Waals surface area contributed by atoms with Gasteiger partial charge in [-0.1, -0.05) is 0 Å². The topological polar surface area (TPSA) is 20.3 Å². The minimum Gasteiger partial charge on any atom is -0.310 e. The second kappa shape index (κ2) is 4.38. The molecule has 15 heavy (non-hydrogen) atoms. The third-order valence-corrected chi connectivity index (χ3v) is 2.22. The third-order valence-electron chi connectivity index (χ3n) is 1.76. The van der Waals surface area contributed by atoms with Crippen LogP contribution in [0.2, 0.25) is 0 Å². The zero-order valence-electron chi connectivity index (χ0n) is 7.68. The molecule has 0 unspecified atom stereocenters. The van der Waals surface area contributed by atoms with E-state index in [9.17, 15) is 18.0 Å². The van der Waals surface area contributed by atoms with E-state index in [-0.39, 0.29) is 5.69 Å². The number of alkyl halides is 3. The predicted octanol–water partition coefficient (Wildman–Crippen LogP) is 2.82. The van der Waals surface area contributed by atoms with Gasteiger partial charge in [0, 0.05) is 35.3 Å². The molecule has 0 saturated heterocycles. The molecule has 0 aliphatic rings. The number of amides is 1. The van der Waals surface area contributed by atoms with Crippen LogP contribution >= 0.6 is 22.6 Å². The van der Waals surface area contributed by atoms with E-state index >= 15 is 0 Å². The molecule has 0 radical (unpaired) electrons. The largest absolute Gasteiger partial charge is 0.373 e. The molecule has 0 fully saturated rings. The van der Waals surface area contributed by atoms with E-state index in [1.165, 1.54) is 19.2 Å². The molecule has 6 heteroatoms. The number of nitrogens with zero attached hydrogens (tertiary/aromatic N) is 1. The Kier molecular flexibility index (Phi) is 3.58. The number of hydrogen-bond acceptors (Lipinski definition) is 1. The molecule has 1 rings (SSSR count). The Hall–Kier alpha value is -0.790. The molecule has 0 bridgehead atoms. The highest BCUT2D eigenvalue weighted by Gasteiger charge is 2.37. The highest BCUT2D eigenvalue weighted by atomic mass is 127. The van der Waals surface area contributed by atoms with Crippen LogP contribution in [0.4, 0.5) is 18.9 Å². The molecule has 0 aliphatic heterocycles. The summed E-state index contributed by atoms with van der Waals surface area (Å²) in [4.78, 5) is 11.9. The second-order valence-corrected chi connectivity index (χ2v) is 4.19. The zero-order valence-corrected chi connectivity index (χ0v) is 9.83. The van der Waals surface area contributed by atoms with Gasteiger partial charge in [-0.15, -0.1) is 0 Å². The van der Waals surface area contributed by atoms with Crippen molar-refractivity contribution in [3.05, 3.63) is 30.1 Å². The average Bonchev–Trinajstić information content (AvgIpc) is 2.15. The highest BCUT2D eigenvalue weighted by molar-refractivity contribution is 14.1. The number of halogens is 4. The number of carbonyl (C=O) groups is 1. The fourth-order valence-corrected chi connectivity index (χ4v) is 1.33. The Labute approximate surface area is 98.2 Å². The molecule has 0 heterocycles. The van der Waals surface area contributed by atoms with Crippen molar-refractivity contribution in [2.24, 2.45) is 0 Å². The van der Waals surface area contributed by atoms with Crippen molar-refractivity contribution in [2.45, 2.75) is 3.93 Å². The van der Waals surface area contributed by atoms with Gasteiger partial charge in [-0.3, -0.25) is 4.79 Å². The van der Waals surface area contributed by atoms with Crippen LogP contribution in [0.25, 0.3) is 0 Å². The maximum Gasteiger partial charge on any atom is 0.373 e. The second-order valence-electron chi connectivity index (χ2n) is 2.84. The lowest BCUT2D eigenvalue weighted by atomic mass is 10.3. The lowest BCUT2D eigenvalue weighted by Gasteiger charge is -2.19. The molecule has 1 aromatic rings. The van der Waals surface area contributed by atoms with E-state index in [0.29, 0.717) is 0 Å². The Morgan fingerprint density at radius 1 is 1.33 bits per heavy atom. The fourth-order valence-electron chi connectivity index (χ4n) is 0.972. The highest BCUT2D eigenvalue weighted by Crippen LogP contribution is 2.27. The van der Waals surface area contributed by atoms with Gasteiger partial charge >= 0.3 is 9.84 Å². The summed E-state index contributed by atoms with van der Waals surface area (Å²) in [6.07, 6.45) is 0. The van der Waals surface area contributed by atoms with Gasteiger partial charge in [-0.25, -0.2) is 4.39 Å². The molecule has 82 valence electrons. The van der Waals surface area contributed by atoms with Crippen molar-refractivity contribution in [2.75, 3.05) is 11.9 Å². The van der Waals surface area contributed by atoms with E-state index in [1.54, 1.807) is 0 Å². The number of carbonyl (C=O) groups excluding carboxylic acids is 1. The Bertz CT molecular complexity index is 361. The van der Waals surface area contributed by atoms with Crippen LogP contribution < -0.4 is 4.90 Å². The van der Waals surface area contributed by atoms with Crippen LogP contribution in [0, 0.1) is 5.82 Å². The zero-order chi connectivity index (χ0) is 11.6. The van der Waals surface area contributed by atoms with Gasteiger partial charge in [0.1, 0.15) is 5.82 Å². The molecule has 1 aromatic carbocycles. The van der Waals surface area contributed by atoms with Crippen LogP contribution in [-0.4, -0.2) is 16.9 Å². The van der Waals surface area contributed by atoms with Gasteiger partial charge in [0.15, 0.2) is 0 Å². The first-order valence-electron chi connectivity index (χ1n) is 3.93. The maximum atomic E-state index is 12.7. The van der Waals surface area contributed by atoms with Crippen LogP contribution in [0.3, 0.4) is 0 Å². The van der Waals surface area contributed by atoms with E-state index in [4.69, 9.17) is 0 Å². The third kappa shape index (κ3) is 3.08. The number of anilines is 1. The summed E-state index contributed by atoms with van der Waals surface area (Å²) in [7, 11) is 1.21. The van der Waals surface area contributed by atoms with Crippen molar-refractivity contribution in [1.82, 2.24) is 0 Å². The number of hydrogen-bond donors (Lipinski definition) is 0. The van der Waals surface area contributed by atoms with Gasteiger partial charge in [0.25, 0.3) is 0 Å². The summed E-state index contributed by atoms with van der Waals surface area (Å²) >= 11 is 0.753. The minimum absolute atomic E-state index is 0.220. The van der Waals surface area contributed by atoms with Gasteiger partial charge in [0.2, 0.25) is 0 Å². The molecular formula is C9H7F3INO. The monoisotopic (exact) mass is 329 g/mol. The molecule has 2 nitrogen and oxygen atoms in total. The predicted molar refractivity (Wildman–Crippen MR) is 58.8 cm³/mol. The summed E-state index contributed by atoms with van der Waals surface area (Å²) in [6.45, 7) is 0. The van der Waals surface area contributed by atoms with Crippen LogP contribution in [0.5, 0.6) is 0 Å². The summed E-state index contributed by atoms with van der Waals surface area (Å²) in [5.74, 6) is -1.82. The van der Waals surface area contributed by atoms with E-state index < -0.39 is 15.7 Å². The quantitative estimate of drug-likeness (QED) is 0.604. The first-order valence-corrected chi connectivity index (χ1v) is 5.00. The molecule has 0 atom stereocenters. The number of benzene rings is 1. The van der Waals surface area contributed by atoms with Crippen molar-refractivity contribution in [1.29, 1.82) is 0 Å². The first-order chi connectivity index (χ1) is 6.82. The molecular weight excluding hydrogens is 322 g/mol. The lowest BCUT2D eigenvalue weighted by Crippen LogP contribution is -2.37. The average molecular weight is 329 g/mol. The minimum atomic E-state index is -3.46. The van der Waals surface area contributed by atoms with E-state index in [2.05, 4.69) is 0 Å². The van der Waals surface area contributed by atoms with Gasteiger partial charge < -0.3 is 4.90 Å². The standard InChI is InChI=1S/C9H7F3INO/c1-14(8(15)9(11,12)13)7-4-2-6(10)3-5-7/h2-5H,1H3. The van der Waals surface area contributed by atoms with Crippen LogP contribution in [0.15, 0.2) is 24.3 Å². The summed E-state index contributed by atoms with van der Waals surface area (Å²) in [6, 6.07) is 4.72. The summed E-state index contributed by atoms with van der Waals surface area (Å²) < 4.78 is 34.4. The van der Waals surface area contributed by atoms with Gasteiger partial charge in [-0.05, 0) is 24.3 Å². The van der Waals surface area contributed by atoms with Gasteiger partial charge in [0.05, 0.1) is 0 Å². The summed E-state index contributed by atoms with van der Waals surface area (Å²) in [5, 5.41) is 0. The molecule has 1 amide bonds. The molecule has 0 saturated carbocycles. The summed E-state index contributed by atoms with van der Waals surface area (Å²) in [5.41, 5.74) is 0.220. The molecule has 0 N–H and O–H groups in total. The van der Waals surface area contributed by atoms with Crippen molar-refractivity contribution in [3.8, 4) is 0 Å². The lowest BCUT2D eigenvalue weighted by molar-refractivity contribution is -0.130. The van der Waals surface area contributed by atoms with Gasteiger partial charge in [-0.2, -0.15) is 8.78 Å². The normalized spacial score (nSPS) is 11.3. The molecule has 0 aliphatic carbocycles. The molecule has 0 spiro atoms. The Balaban J connectivity index is 2.90. The number of rotatable bonds is 2. The fraction of sp³-hybridized carbons (Fsp3) is 0.222. The van der Waals surface area contributed by atoms with Crippen molar-refractivity contribution >= 4 is 34.2 Å². The van der Waals surface area contributed by atoms with E-state index in [0.717, 1.165) is 39.6 Å². The van der Waals surface area contributed by atoms with Crippen molar-refractivity contribution in [3.63, 3.8) is 0 Å². The van der Waals surface area contributed by atoms with Crippen LogP contribution in [0.1, 0.15) is 0 Å². The first kappa shape index (κ1) is 12.3. The Morgan fingerprint density at radius 3 is 2.20 bits per heavy atom.